The first-order chi connectivity index (χ1) is 9.45. The normalized spacial score (nSPS) is 14.9. The molecule has 1 aromatic rings. The fraction of sp³-hybridized carbons (Fsp3) is 0.571. The van der Waals surface area contributed by atoms with Crippen LogP contribution in [0, 0.1) is 5.82 Å². The summed E-state index contributed by atoms with van der Waals surface area (Å²) in [4.78, 5) is 8.09. The number of unbranched alkanes of at least 4 members (excludes halogenated alkanes) is 1. The smallest absolute Gasteiger partial charge is 0.149 e. The van der Waals surface area contributed by atoms with E-state index in [0.717, 1.165) is 25.5 Å². The summed E-state index contributed by atoms with van der Waals surface area (Å²) in [6.07, 6.45) is 3.90. The molecule has 112 valence electrons. The highest BCUT2D eigenvalue weighted by Gasteiger charge is 2.25. The van der Waals surface area contributed by atoms with E-state index >= 15 is 0 Å². The lowest BCUT2D eigenvalue weighted by Gasteiger charge is -2.30. The van der Waals surface area contributed by atoms with E-state index in [9.17, 15) is 9.50 Å². The summed E-state index contributed by atoms with van der Waals surface area (Å²) in [5.74, 6) is -0.0345. The maximum atomic E-state index is 13.0. The number of rotatable bonds is 6. The molecule has 0 aliphatic rings. The fourth-order valence-corrected chi connectivity index (χ4v) is 1.91. The number of nitrogens with one attached hydrogen (secondary N) is 1. The number of aromatic nitrogens is 1. The number of nitrogens with zero attached hydrogens (tertiary/aromatic N) is 2. The second-order valence-electron chi connectivity index (χ2n) is 5.11. The predicted molar refractivity (Wildman–Crippen MR) is 79.2 cm³/mol. The van der Waals surface area contributed by atoms with E-state index < -0.39 is 11.4 Å². The molecule has 1 atom stereocenters. The van der Waals surface area contributed by atoms with E-state index in [2.05, 4.69) is 22.2 Å². The molecule has 4 N–H and O–H groups in total. The monoisotopic (exact) mass is 282 g/mol. The second kappa shape index (κ2) is 7.19. The minimum Gasteiger partial charge on any atom is -0.397 e. The molecule has 1 rings (SSSR count). The van der Waals surface area contributed by atoms with Gasteiger partial charge in [-0.1, -0.05) is 19.8 Å². The van der Waals surface area contributed by atoms with Crippen LogP contribution < -0.4 is 11.1 Å². The van der Waals surface area contributed by atoms with E-state index in [1.807, 2.05) is 6.92 Å². The van der Waals surface area contributed by atoms with Crippen molar-refractivity contribution in [3.8, 4) is 0 Å². The Morgan fingerprint density at radius 2 is 2.30 bits per heavy atom. The molecule has 6 heteroatoms. The molecule has 1 aromatic heterocycles. The van der Waals surface area contributed by atoms with Gasteiger partial charge in [0.1, 0.15) is 17.3 Å². The van der Waals surface area contributed by atoms with Gasteiger partial charge in [0.15, 0.2) is 0 Å². The van der Waals surface area contributed by atoms with E-state index in [4.69, 9.17) is 5.73 Å². The number of aliphatic imine (C=N–C) groups is 1. The summed E-state index contributed by atoms with van der Waals surface area (Å²) in [5, 5.41) is 12.8. The van der Waals surface area contributed by atoms with Crippen LogP contribution >= 0.6 is 0 Å². The van der Waals surface area contributed by atoms with Gasteiger partial charge in [-0.2, -0.15) is 0 Å². The molecule has 20 heavy (non-hydrogen) atoms. The number of nitrogens with two attached hydrogens (primary N) is 1. The van der Waals surface area contributed by atoms with Crippen molar-refractivity contribution in [2.24, 2.45) is 4.99 Å². The molecular formula is C14H23FN4O. The van der Waals surface area contributed by atoms with Gasteiger partial charge in [-0.15, -0.1) is 0 Å². The second-order valence-corrected chi connectivity index (χ2v) is 5.11. The highest BCUT2D eigenvalue weighted by molar-refractivity contribution is 6.01. The fourth-order valence-electron chi connectivity index (χ4n) is 1.91. The molecule has 0 bridgehead atoms. The van der Waals surface area contributed by atoms with E-state index in [0.29, 0.717) is 11.5 Å². The average molecular weight is 282 g/mol. The van der Waals surface area contributed by atoms with Gasteiger partial charge in [-0.25, -0.2) is 9.37 Å². The van der Waals surface area contributed by atoms with Crippen LogP contribution in [0.4, 0.5) is 10.1 Å². The maximum Gasteiger partial charge on any atom is 0.149 e. The van der Waals surface area contributed by atoms with Gasteiger partial charge >= 0.3 is 0 Å². The number of amidine groups is 1. The predicted octanol–water partition coefficient (Wildman–Crippen LogP) is 1.71. The Hall–Kier alpha value is -1.69. The number of hydrogen-bond donors (Lipinski definition) is 3. The molecule has 0 unspecified atom stereocenters. The molecule has 0 fully saturated rings. The van der Waals surface area contributed by atoms with Gasteiger partial charge in [-0.05, 0) is 13.3 Å². The van der Waals surface area contributed by atoms with Crippen molar-refractivity contribution in [2.75, 3.05) is 19.4 Å². The molecule has 0 amide bonds. The summed E-state index contributed by atoms with van der Waals surface area (Å²) < 4.78 is 13.0. The van der Waals surface area contributed by atoms with Crippen LogP contribution in [0.2, 0.25) is 0 Å². The third kappa shape index (κ3) is 4.16. The summed E-state index contributed by atoms with van der Waals surface area (Å²) in [6.45, 7) is 3.97. The Labute approximate surface area is 119 Å². The lowest BCUT2D eigenvalue weighted by Crippen LogP contribution is -2.49. The first-order valence-electron chi connectivity index (χ1n) is 6.73. The van der Waals surface area contributed by atoms with E-state index in [1.165, 1.54) is 6.07 Å². The quantitative estimate of drug-likeness (QED) is 0.548. The Balaban J connectivity index is 2.96. The Morgan fingerprint density at radius 3 is 2.80 bits per heavy atom. The van der Waals surface area contributed by atoms with Crippen molar-refractivity contribution in [2.45, 2.75) is 38.6 Å². The van der Waals surface area contributed by atoms with Gasteiger partial charge in [0, 0.05) is 13.1 Å². The third-order valence-corrected chi connectivity index (χ3v) is 3.18. The molecule has 0 radical (unpaired) electrons. The molecule has 1 heterocycles. The largest absolute Gasteiger partial charge is 0.397 e. The van der Waals surface area contributed by atoms with Gasteiger partial charge in [0.25, 0.3) is 0 Å². The van der Waals surface area contributed by atoms with Crippen molar-refractivity contribution >= 4 is 11.5 Å². The van der Waals surface area contributed by atoms with Crippen molar-refractivity contribution < 1.29 is 9.50 Å². The highest BCUT2D eigenvalue weighted by atomic mass is 19.1. The van der Waals surface area contributed by atoms with Crippen LogP contribution in [-0.2, 0) is 0 Å². The molecule has 0 saturated carbocycles. The van der Waals surface area contributed by atoms with Crippen LogP contribution in [-0.4, -0.2) is 35.1 Å². The number of nitrogen functional groups attached to an aromatic ring is 1. The van der Waals surface area contributed by atoms with Crippen molar-refractivity contribution in [1.82, 2.24) is 10.3 Å². The molecule has 0 aliphatic heterocycles. The molecule has 0 aliphatic carbocycles. The zero-order valence-electron chi connectivity index (χ0n) is 12.3. The lowest BCUT2D eigenvalue weighted by atomic mass is 9.95. The number of aliphatic hydroxyl groups is 1. The number of aliphatic hydroxyl groups excluding tert-OH is 1. The molecule has 0 aromatic carbocycles. The lowest BCUT2D eigenvalue weighted by molar-refractivity contribution is 0.181. The molecule has 5 nitrogen and oxygen atoms in total. The van der Waals surface area contributed by atoms with Crippen molar-refractivity contribution in [3.05, 3.63) is 23.8 Å². The van der Waals surface area contributed by atoms with Gasteiger partial charge in [-0.3, -0.25) is 4.99 Å². The van der Waals surface area contributed by atoms with Crippen LogP contribution in [0.15, 0.2) is 17.3 Å². The van der Waals surface area contributed by atoms with Crippen LogP contribution in [0.5, 0.6) is 0 Å². The first kappa shape index (κ1) is 16.4. The Kier molecular flexibility index (Phi) is 5.88. The van der Waals surface area contributed by atoms with Gasteiger partial charge < -0.3 is 16.2 Å². The van der Waals surface area contributed by atoms with Crippen molar-refractivity contribution in [3.63, 3.8) is 0 Å². The van der Waals surface area contributed by atoms with Crippen LogP contribution in [0.3, 0.4) is 0 Å². The highest BCUT2D eigenvalue weighted by Crippen LogP contribution is 2.16. The minimum atomic E-state index is -0.507. The summed E-state index contributed by atoms with van der Waals surface area (Å²) in [7, 11) is 1.60. The Bertz CT molecular complexity index is 478. The third-order valence-electron chi connectivity index (χ3n) is 3.18. The Morgan fingerprint density at radius 1 is 1.60 bits per heavy atom. The minimum absolute atomic E-state index is 0.0346. The van der Waals surface area contributed by atoms with Gasteiger partial charge in [0.2, 0.25) is 0 Å². The number of hydrogen-bond acceptors (Lipinski definition) is 4. The van der Waals surface area contributed by atoms with Gasteiger partial charge in [0.05, 0.1) is 24.0 Å². The molecule has 0 spiro atoms. The number of halogens is 1. The van der Waals surface area contributed by atoms with Crippen LogP contribution in [0.25, 0.3) is 0 Å². The van der Waals surface area contributed by atoms with E-state index in [1.54, 1.807) is 7.05 Å². The topological polar surface area (TPSA) is 83.5 Å². The zero-order chi connectivity index (χ0) is 15.2. The summed E-state index contributed by atoms with van der Waals surface area (Å²) >= 11 is 0. The SMILES string of the molecule is CCCC[C@](C)(CO)NC(=NC)c1ncc(F)cc1N. The van der Waals surface area contributed by atoms with E-state index in [-0.39, 0.29) is 12.3 Å². The van der Waals surface area contributed by atoms with Crippen LogP contribution in [0.1, 0.15) is 38.8 Å². The average Bonchev–Trinajstić information content (AvgIpc) is 2.43. The molecular weight excluding hydrogens is 259 g/mol. The maximum absolute atomic E-state index is 13.0. The number of pyridine rings is 1. The summed E-state index contributed by atoms with van der Waals surface area (Å²) in [5.41, 5.74) is 5.88. The molecule has 0 saturated heterocycles. The standard InChI is InChI=1S/C14H23FN4O/c1-4-5-6-14(2,9-20)19-13(17-3)12-11(16)7-10(15)8-18-12/h7-8,20H,4-6,9,16H2,1-3H3,(H,17,19)/t14-/m1/s1. The summed E-state index contributed by atoms with van der Waals surface area (Å²) in [6, 6.07) is 1.21. The zero-order valence-corrected chi connectivity index (χ0v) is 12.3. The first-order valence-corrected chi connectivity index (χ1v) is 6.73. The number of anilines is 1. The van der Waals surface area contributed by atoms with Crippen molar-refractivity contribution in [1.29, 1.82) is 0 Å².